The first kappa shape index (κ1) is 14.0. The molecule has 3 heteroatoms. The lowest BCUT2D eigenvalue weighted by Crippen LogP contribution is -2.39. The van der Waals surface area contributed by atoms with Crippen LogP contribution >= 0.6 is 15.9 Å². The Labute approximate surface area is 118 Å². The van der Waals surface area contributed by atoms with Crippen LogP contribution in [0.5, 0.6) is 0 Å². The SMILES string of the molecule is Cc1cc(C)c(C(O)C2CCCCN2)c(C)c1Br. The average molecular weight is 312 g/mol. The number of aryl methyl sites for hydroxylation is 2. The maximum absolute atomic E-state index is 10.6. The molecule has 0 radical (unpaired) electrons. The van der Waals surface area contributed by atoms with E-state index in [1.165, 1.54) is 29.5 Å². The summed E-state index contributed by atoms with van der Waals surface area (Å²) in [5, 5.41) is 14.1. The van der Waals surface area contributed by atoms with Crippen molar-refractivity contribution in [3.05, 3.63) is 32.8 Å². The van der Waals surface area contributed by atoms with Crippen LogP contribution < -0.4 is 5.32 Å². The van der Waals surface area contributed by atoms with E-state index in [1.807, 2.05) is 0 Å². The Kier molecular flexibility index (Phi) is 4.46. The smallest absolute Gasteiger partial charge is 0.0948 e. The summed E-state index contributed by atoms with van der Waals surface area (Å²) in [6.45, 7) is 7.30. The molecule has 18 heavy (non-hydrogen) atoms. The summed E-state index contributed by atoms with van der Waals surface area (Å²) in [4.78, 5) is 0. The summed E-state index contributed by atoms with van der Waals surface area (Å²) >= 11 is 3.62. The normalized spacial score (nSPS) is 21.9. The molecule has 1 aromatic rings. The highest BCUT2D eigenvalue weighted by atomic mass is 79.9. The minimum absolute atomic E-state index is 0.200. The number of aliphatic hydroxyl groups excluding tert-OH is 1. The Bertz CT molecular complexity index is 439. The van der Waals surface area contributed by atoms with Crippen molar-refractivity contribution in [2.24, 2.45) is 0 Å². The summed E-state index contributed by atoms with van der Waals surface area (Å²) in [6.07, 6.45) is 3.09. The van der Waals surface area contributed by atoms with Gasteiger partial charge in [0.05, 0.1) is 6.10 Å². The van der Waals surface area contributed by atoms with Crippen molar-refractivity contribution in [1.29, 1.82) is 0 Å². The van der Waals surface area contributed by atoms with Crippen LogP contribution in [0.25, 0.3) is 0 Å². The zero-order valence-corrected chi connectivity index (χ0v) is 13.0. The van der Waals surface area contributed by atoms with Gasteiger partial charge in [-0.15, -0.1) is 0 Å². The van der Waals surface area contributed by atoms with E-state index in [2.05, 4.69) is 48.1 Å². The molecule has 100 valence electrons. The maximum Gasteiger partial charge on any atom is 0.0948 e. The third-order valence-electron chi connectivity index (χ3n) is 3.96. The molecule has 1 aromatic carbocycles. The van der Waals surface area contributed by atoms with Gasteiger partial charge in [0, 0.05) is 10.5 Å². The molecule has 2 atom stereocenters. The summed E-state index contributed by atoms with van der Waals surface area (Å²) in [7, 11) is 0. The number of rotatable bonds is 2. The van der Waals surface area contributed by atoms with Gasteiger partial charge in [0.1, 0.15) is 0 Å². The molecule has 0 amide bonds. The topological polar surface area (TPSA) is 32.3 Å². The lowest BCUT2D eigenvalue weighted by atomic mass is 9.89. The lowest BCUT2D eigenvalue weighted by molar-refractivity contribution is 0.112. The van der Waals surface area contributed by atoms with Gasteiger partial charge in [-0.05, 0) is 62.4 Å². The molecule has 0 saturated carbocycles. The quantitative estimate of drug-likeness (QED) is 0.875. The Morgan fingerprint density at radius 3 is 2.61 bits per heavy atom. The molecule has 1 heterocycles. The minimum atomic E-state index is -0.401. The molecule has 1 aliphatic heterocycles. The largest absolute Gasteiger partial charge is 0.387 e. The zero-order chi connectivity index (χ0) is 13.3. The van der Waals surface area contributed by atoms with E-state index in [0.717, 1.165) is 23.0 Å². The van der Waals surface area contributed by atoms with E-state index in [4.69, 9.17) is 0 Å². The number of piperidine rings is 1. The van der Waals surface area contributed by atoms with E-state index < -0.39 is 6.10 Å². The van der Waals surface area contributed by atoms with Crippen molar-refractivity contribution >= 4 is 15.9 Å². The average Bonchev–Trinajstić information content (AvgIpc) is 2.37. The van der Waals surface area contributed by atoms with Crippen molar-refractivity contribution < 1.29 is 5.11 Å². The fourth-order valence-electron chi connectivity index (χ4n) is 2.98. The summed E-state index contributed by atoms with van der Waals surface area (Å²) in [5.41, 5.74) is 4.69. The first-order valence-corrected chi connectivity index (χ1v) is 7.49. The van der Waals surface area contributed by atoms with Gasteiger partial charge in [0.2, 0.25) is 0 Å². The van der Waals surface area contributed by atoms with Crippen LogP contribution in [0.4, 0.5) is 0 Å². The zero-order valence-electron chi connectivity index (χ0n) is 11.4. The Balaban J connectivity index is 2.34. The standard InChI is InChI=1S/C15H22BrNO/c1-9-8-10(2)14(16)11(3)13(9)15(18)12-6-4-5-7-17-12/h8,12,15,17-18H,4-7H2,1-3H3. The van der Waals surface area contributed by atoms with Gasteiger partial charge in [-0.25, -0.2) is 0 Å². The van der Waals surface area contributed by atoms with Crippen LogP contribution in [0.3, 0.4) is 0 Å². The maximum atomic E-state index is 10.6. The molecule has 1 fully saturated rings. The number of halogens is 1. The van der Waals surface area contributed by atoms with Crippen LogP contribution in [0.2, 0.25) is 0 Å². The van der Waals surface area contributed by atoms with Gasteiger partial charge >= 0.3 is 0 Å². The van der Waals surface area contributed by atoms with Gasteiger partial charge in [-0.3, -0.25) is 0 Å². The molecular formula is C15H22BrNO. The molecule has 2 N–H and O–H groups in total. The van der Waals surface area contributed by atoms with Crippen molar-refractivity contribution in [2.45, 2.75) is 52.2 Å². The molecule has 0 aliphatic carbocycles. The second-order valence-electron chi connectivity index (χ2n) is 5.36. The Morgan fingerprint density at radius 1 is 1.28 bits per heavy atom. The number of aliphatic hydroxyl groups is 1. The van der Waals surface area contributed by atoms with Gasteiger partial charge in [0.25, 0.3) is 0 Å². The molecule has 0 spiro atoms. The van der Waals surface area contributed by atoms with E-state index in [-0.39, 0.29) is 6.04 Å². The third kappa shape index (κ3) is 2.63. The van der Waals surface area contributed by atoms with E-state index in [1.54, 1.807) is 0 Å². The number of benzene rings is 1. The molecule has 2 rings (SSSR count). The van der Waals surface area contributed by atoms with Gasteiger partial charge in [0.15, 0.2) is 0 Å². The van der Waals surface area contributed by atoms with E-state index in [0.29, 0.717) is 0 Å². The fraction of sp³-hybridized carbons (Fsp3) is 0.600. The molecule has 1 saturated heterocycles. The van der Waals surface area contributed by atoms with Gasteiger partial charge in [-0.2, -0.15) is 0 Å². The summed E-state index contributed by atoms with van der Waals surface area (Å²) < 4.78 is 1.12. The van der Waals surface area contributed by atoms with E-state index >= 15 is 0 Å². The van der Waals surface area contributed by atoms with Crippen molar-refractivity contribution in [3.63, 3.8) is 0 Å². The monoisotopic (exact) mass is 311 g/mol. The van der Waals surface area contributed by atoms with Crippen LogP contribution in [-0.4, -0.2) is 17.7 Å². The second kappa shape index (κ2) is 5.72. The molecule has 2 unspecified atom stereocenters. The number of hydrogen-bond donors (Lipinski definition) is 2. The molecular weight excluding hydrogens is 290 g/mol. The molecule has 0 bridgehead atoms. The van der Waals surface area contributed by atoms with Crippen molar-refractivity contribution in [2.75, 3.05) is 6.54 Å². The number of hydrogen-bond acceptors (Lipinski definition) is 2. The van der Waals surface area contributed by atoms with Crippen molar-refractivity contribution in [1.82, 2.24) is 5.32 Å². The Morgan fingerprint density at radius 2 is 2.00 bits per heavy atom. The lowest BCUT2D eigenvalue weighted by Gasteiger charge is -2.30. The third-order valence-corrected chi connectivity index (χ3v) is 5.18. The molecule has 1 aliphatic rings. The first-order chi connectivity index (χ1) is 8.52. The van der Waals surface area contributed by atoms with Crippen LogP contribution in [0.1, 0.15) is 47.6 Å². The highest BCUT2D eigenvalue weighted by molar-refractivity contribution is 9.10. The van der Waals surface area contributed by atoms with Gasteiger partial charge in [-0.1, -0.05) is 28.4 Å². The second-order valence-corrected chi connectivity index (χ2v) is 6.16. The predicted molar refractivity (Wildman–Crippen MR) is 79.0 cm³/mol. The van der Waals surface area contributed by atoms with Gasteiger partial charge < -0.3 is 10.4 Å². The van der Waals surface area contributed by atoms with Crippen LogP contribution in [0, 0.1) is 20.8 Å². The summed E-state index contributed by atoms with van der Waals surface area (Å²) in [6, 6.07) is 2.35. The molecule has 2 nitrogen and oxygen atoms in total. The molecule has 0 aromatic heterocycles. The predicted octanol–water partition coefficient (Wildman–Crippen LogP) is 3.55. The number of nitrogens with one attached hydrogen (secondary N) is 1. The Hall–Kier alpha value is -0.380. The minimum Gasteiger partial charge on any atom is -0.387 e. The first-order valence-electron chi connectivity index (χ1n) is 6.70. The highest BCUT2D eigenvalue weighted by Crippen LogP contribution is 2.33. The van der Waals surface area contributed by atoms with Crippen molar-refractivity contribution in [3.8, 4) is 0 Å². The van der Waals surface area contributed by atoms with Crippen LogP contribution in [-0.2, 0) is 0 Å². The van der Waals surface area contributed by atoms with E-state index in [9.17, 15) is 5.11 Å². The fourth-order valence-corrected chi connectivity index (χ4v) is 3.31. The highest BCUT2D eigenvalue weighted by Gasteiger charge is 2.26. The van der Waals surface area contributed by atoms with Crippen LogP contribution in [0.15, 0.2) is 10.5 Å². The summed E-state index contributed by atoms with van der Waals surface area (Å²) in [5.74, 6) is 0.